The van der Waals surface area contributed by atoms with Crippen molar-refractivity contribution in [1.82, 2.24) is 5.32 Å². The van der Waals surface area contributed by atoms with Gasteiger partial charge in [0, 0.05) is 11.8 Å². The molecule has 0 aliphatic carbocycles. The maximum Gasteiger partial charge on any atom is 0.0411 e. The topological polar surface area (TPSA) is 12.0 Å². The number of aryl methyl sites for hydroxylation is 1. The fraction of sp³-hybridized carbons (Fsp3) is 0.571. The summed E-state index contributed by atoms with van der Waals surface area (Å²) >= 11 is 2.00. The molecule has 0 radical (unpaired) electrons. The lowest BCUT2D eigenvalue weighted by molar-refractivity contribution is 0.577. The van der Waals surface area contributed by atoms with Crippen LogP contribution in [0.2, 0.25) is 0 Å². The van der Waals surface area contributed by atoms with Gasteiger partial charge in [0.15, 0.2) is 0 Å². The highest BCUT2D eigenvalue weighted by molar-refractivity contribution is 7.99. The molecule has 0 spiro atoms. The normalized spacial score (nSPS) is 12.7. The van der Waals surface area contributed by atoms with E-state index in [1.807, 2.05) is 11.8 Å². The minimum atomic E-state index is 0.504. The molecular formula is C14H23NS. The lowest BCUT2D eigenvalue weighted by Crippen LogP contribution is -2.24. The maximum atomic E-state index is 3.63. The summed E-state index contributed by atoms with van der Waals surface area (Å²) in [5.74, 6) is 2.36. The molecule has 0 bridgehead atoms. The van der Waals surface area contributed by atoms with Gasteiger partial charge in [-0.3, -0.25) is 0 Å². The van der Waals surface area contributed by atoms with Crippen LogP contribution in [-0.4, -0.2) is 18.1 Å². The summed E-state index contributed by atoms with van der Waals surface area (Å²) in [5.41, 5.74) is 2.77. The van der Waals surface area contributed by atoms with Crippen molar-refractivity contribution >= 4 is 11.8 Å². The molecule has 1 N–H and O–H groups in total. The Hall–Kier alpha value is -0.470. The second-order valence-corrected chi connectivity index (χ2v) is 5.40. The molecule has 0 heterocycles. The average molecular weight is 237 g/mol. The van der Waals surface area contributed by atoms with Gasteiger partial charge in [0.25, 0.3) is 0 Å². The van der Waals surface area contributed by atoms with Crippen LogP contribution in [0.25, 0.3) is 0 Å². The monoisotopic (exact) mass is 237 g/mol. The Labute approximate surface area is 104 Å². The van der Waals surface area contributed by atoms with Crippen molar-refractivity contribution in [2.45, 2.75) is 33.2 Å². The first-order valence-electron chi connectivity index (χ1n) is 6.15. The van der Waals surface area contributed by atoms with E-state index in [4.69, 9.17) is 0 Å². The SMILES string of the molecule is CCCNC(CSCC)c1cccc(C)c1. The predicted octanol–water partition coefficient (Wildman–Crippen LogP) is 3.79. The van der Waals surface area contributed by atoms with E-state index in [9.17, 15) is 0 Å². The van der Waals surface area contributed by atoms with E-state index in [-0.39, 0.29) is 0 Å². The zero-order valence-electron chi connectivity index (χ0n) is 10.6. The standard InChI is InChI=1S/C14H23NS/c1-4-9-15-14(11-16-5-2)13-8-6-7-12(3)10-13/h6-8,10,14-15H,4-5,9,11H2,1-3H3. The van der Waals surface area contributed by atoms with Crippen LogP contribution in [0.1, 0.15) is 37.4 Å². The molecule has 0 fully saturated rings. The highest BCUT2D eigenvalue weighted by atomic mass is 32.2. The summed E-state index contributed by atoms with van der Waals surface area (Å²) in [5, 5.41) is 3.63. The van der Waals surface area contributed by atoms with E-state index >= 15 is 0 Å². The van der Waals surface area contributed by atoms with Gasteiger partial charge in [0.1, 0.15) is 0 Å². The van der Waals surface area contributed by atoms with Crippen molar-refractivity contribution in [2.75, 3.05) is 18.1 Å². The molecule has 1 atom stereocenters. The van der Waals surface area contributed by atoms with Crippen molar-refractivity contribution in [3.8, 4) is 0 Å². The molecule has 90 valence electrons. The first-order chi connectivity index (χ1) is 7.77. The molecule has 0 aliphatic rings. The zero-order valence-corrected chi connectivity index (χ0v) is 11.4. The fourth-order valence-corrected chi connectivity index (χ4v) is 2.50. The Morgan fingerprint density at radius 3 is 2.75 bits per heavy atom. The smallest absolute Gasteiger partial charge is 0.0411 e. The first kappa shape index (κ1) is 13.6. The summed E-state index contributed by atoms with van der Waals surface area (Å²) in [6, 6.07) is 9.35. The fourth-order valence-electron chi connectivity index (χ4n) is 1.71. The largest absolute Gasteiger partial charge is 0.309 e. The minimum absolute atomic E-state index is 0.504. The van der Waals surface area contributed by atoms with Crippen LogP contribution in [0.15, 0.2) is 24.3 Å². The van der Waals surface area contributed by atoms with Crippen LogP contribution in [0.5, 0.6) is 0 Å². The maximum absolute atomic E-state index is 3.63. The second kappa shape index (κ2) is 7.75. The summed E-state index contributed by atoms with van der Waals surface area (Å²) in [4.78, 5) is 0. The van der Waals surface area contributed by atoms with Gasteiger partial charge < -0.3 is 5.32 Å². The predicted molar refractivity (Wildman–Crippen MR) is 75.2 cm³/mol. The van der Waals surface area contributed by atoms with Crippen LogP contribution in [0.4, 0.5) is 0 Å². The van der Waals surface area contributed by atoms with E-state index in [2.05, 4.69) is 50.4 Å². The molecule has 0 amide bonds. The third-order valence-electron chi connectivity index (χ3n) is 2.57. The van der Waals surface area contributed by atoms with Crippen LogP contribution >= 0.6 is 11.8 Å². The molecule has 1 nitrogen and oxygen atoms in total. The highest BCUT2D eigenvalue weighted by Gasteiger charge is 2.09. The van der Waals surface area contributed by atoms with Crippen molar-refractivity contribution in [3.63, 3.8) is 0 Å². The molecule has 0 saturated heterocycles. The Morgan fingerprint density at radius 2 is 2.12 bits per heavy atom. The highest BCUT2D eigenvalue weighted by Crippen LogP contribution is 2.19. The van der Waals surface area contributed by atoms with E-state index < -0.39 is 0 Å². The Kier molecular flexibility index (Phi) is 6.58. The molecule has 1 unspecified atom stereocenters. The molecular weight excluding hydrogens is 214 g/mol. The van der Waals surface area contributed by atoms with Crippen molar-refractivity contribution in [2.24, 2.45) is 0 Å². The van der Waals surface area contributed by atoms with Gasteiger partial charge in [-0.1, -0.05) is 43.7 Å². The van der Waals surface area contributed by atoms with Crippen LogP contribution in [0, 0.1) is 6.92 Å². The third kappa shape index (κ3) is 4.58. The van der Waals surface area contributed by atoms with E-state index in [1.54, 1.807) is 0 Å². The molecule has 0 saturated carbocycles. The van der Waals surface area contributed by atoms with Crippen molar-refractivity contribution in [3.05, 3.63) is 35.4 Å². The molecule has 0 aromatic heterocycles. The lowest BCUT2D eigenvalue weighted by Gasteiger charge is -2.18. The number of rotatable bonds is 7. The quantitative estimate of drug-likeness (QED) is 0.774. The van der Waals surface area contributed by atoms with E-state index in [1.165, 1.54) is 29.1 Å². The number of hydrogen-bond donors (Lipinski definition) is 1. The molecule has 1 aromatic rings. The van der Waals surface area contributed by atoms with Crippen LogP contribution in [-0.2, 0) is 0 Å². The van der Waals surface area contributed by atoms with E-state index in [0.29, 0.717) is 6.04 Å². The lowest BCUT2D eigenvalue weighted by atomic mass is 10.1. The first-order valence-corrected chi connectivity index (χ1v) is 7.31. The summed E-state index contributed by atoms with van der Waals surface area (Å²) in [7, 11) is 0. The third-order valence-corrected chi connectivity index (χ3v) is 3.55. The zero-order chi connectivity index (χ0) is 11.8. The van der Waals surface area contributed by atoms with Crippen LogP contribution < -0.4 is 5.32 Å². The summed E-state index contributed by atoms with van der Waals surface area (Å²) in [6.45, 7) is 7.70. The average Bonchev–Trinajstić information content (AvgIpc) is 2.29. The van der Waals surface area contributed by atoms with Gasteiger partial charge in [-0.15, -0.1) is 0 Å². The molecule has 16 heavy (non-hydrogen) atoms. The molecule has 1 rings (SSSR count). The minimum Gasteiger partial charge on any atom is -0.309 e. The summed E-state index contributed by atoms with van der Waals surface area (Å²) in [6.07, 6.45) is 1.19. The van der Waals surface area contributed by atoms with E-state index in [0.717, 1.165) is 6.54 Å². The van der Waals surface area contributed by atoms with Gasteiger partial charge >= 0.3 is 0 Å². The van der Waals surface area contributed by atoms with Gasteiger partial charge in [0.05, 0.1) is 0 Å². The molecule has 2 heteroatoms. The Bertz CT molecular complexity index is 291. The second-order valence-electron chi connectivity index (χ2n) is 4.08. The van der Waals surface area contributed by atoms with Crippen molar-refractivity contribution in [1.29, 1.82) is 0 Å². The number of hydrogen-bond acceptors (Lipinski definition) is 2. The van der Waals surface area contributed by atoms with Gasteiger partial charge in [-0.05, 0) is 31.2 Å². The molecule has 0 aliphatic heterocycles. The number of thioether (sulfide) groups is 1. The van der Waals surface area contributed by atoms with Crippen LogP contribution in [0.3, 0.4) is 0 Å². The number of nitrogens with one attached hydrogen (secondary N) is 1. The van der Waals surface area contributed by atoms with Gasteiger partial charge in [-0.25, -0.2) is 0 Å². The van der Waals surface area contributed by atoms with Gasteiger partial charge in [0.2, 0.25) is 0 Å². The van der Waals surface area contributed by atoms with Gasteiger partial charge in [-0.2, -0.15) is 11.8 Å². The Morgan fingerprint density at radius 1 is 1.31 bits per heavy atom. The molecule has 1 aromatic carbocycles. The number of benzene rings is 1. The van der Waals surface area contributed by atoms with Crippen molar-refractivity contribution < 1.29 is 0 Å². The Balaban J connectivity index is 2.66. The summed E-state index contributed by atoms with van der Waals surface area (Å²) < 4.78 is 0.